The molecular weight excluding hydrogens is 345 g/mol. The number of hydrogen-bond acceptors (Lipinski definition) is 4. The molecule has 0 amide bonds. The van der Waals surface area contributed by atoms with E-state index in [1.807, 2.05) is 27.7 Å². The van der Waals surface area contributed by atoms with Gasteiger partial charge in [0.05, 0.1) is 16.1 Å². The zero-order valence-corrected chi connectivity index (χ0v) is 14.2. The fourth-order valence-corrected chi connectivity index (χ4v) is 3.12. The zero-order chi connectivity index (χ0) is 15.3. The highest BCUT2D eigenvalue weighted by molar-refractivity contribution is 9.10. The van der Waals surface area contributed by atoms with Gasteiger partial charge in [-0.2, -0.15) is 0 Å². The van der Waals surface area contributed by atoms with Crippen LogP contribution in [0.15, 0.2) is 27.6 Å². The standard InChI is InChI=1S/C12H17BBrNO4S/c1-11(2)12(3,4)19-13(18-11)8-5-9(14)7-10(6-8)20(15,16)17/h5-7H,1-4H3,(H2,15,16,17). The molecule has 0 aromatic heterocycles. The number of halogens is 1. The predicted octanol–water partition coefficient (Wildman–Crippen LogP) is 1.40. The van der Waals surface area contributed by atoms with Crippen LogP contribution in [0.2, 0.25) is 0 Å². The van der Waals surface area contributed by atoms with Crippen LogP contribution in [0.5, 0.6) is 0 Å². The predicted molar refractivity (Wildman–Crippen MR) is 81.2 cm³/mol. The maximum Gasteiger partial charge on any atom is 0.494 e. The van der Waals surface area contributed by atoms with Gasteiger partial charge in [0.25, 0.3) is 0 Å². The second-order valence-corrected chi connectivity index (χ2v) is 8.33. The molecule has 8 heteroatoms. The molecule has 0 atom stereocenters. The van der Waals surface area contributed by atoms with Crippen LogP contribution in [0.3, 0.4) is 0 Å². The van der Waals surface area contributed by atoms with E-state index in [-0.39, 0.29) is 4.90 Å². The van der Waals surface area contributed by atoms with Gasteiger partial charge < -0.3 is 9.31 Å². The lowest BCUT2D eigenvalue weighted by molar-refractivity contribution is 0.00578. The lowest BCUT2D eigenvalue weighted by Crippen LogP contribution is -2.41. The Morgan fingerprint density at radius 2 is 1.60 bits per heavy atom. The maximum atomic E-state index is 11.5. The van der Waals surface area contributed by atoms with Crippen molar-refractivity contribution in [2.24, 2.45) is 5.14 Å². The van der Waals surface area contributed by atoms with Crippen LogP contribution in [-0.4, -0.2) is 26.7 Å². The quantitative estimate of drug-likeness (QED) is 0.807. The third kappa shape index (κ3) is 2.94. The Labute approximate surface area is 128 Å². The molecule has 0 saturated carbocycles. The van der Waals surface area contributed by atoms with Crippen LogP contribution in [0.1, 0.15) is 27.7 Å². The van der Waals surface area contributed by atoms with E-state index in [2.05, 4.69) is 15.9 Å². The summed E-state index contributed by atoms with van der Waals surface area (Å²) in [6.45, 7) is 7.74. The molecule has 5 nitrogen and oxygen atoms in total. The van der Waals surface area contributed by atoms with Crippen LogP contribution in [-0.2, 0) is 19.3 Å². The average molecular weight is 362 g/mol. The first-order valence-electron chi connectivity index (χ1n) is 6.11. The Bertz CT molecular complexity index is 629. The molecule has 1 aliphatic heterocycles. The van der Waals surface area contributed by atoms with Gasteiger partial charge in [-0.05, 0) is 51.4 Å². The molecule has 1 saturated heterocycles. The Kier molecular flexibility index (Phi) is 3.84. The molecule has 1 aromatic rings. The molecule has 2 rings (SSSR count). The van der Waals surface area contributed by atoms with Crippen molar-refractivity contribution in [2.75, 3.05) is 0 Å². The molecule has 0 radical (unpaired) electrons. The van der Waals surface area contributed by atoms with Gasteiger partial charge in [0.15, 0.2) is 0 Å². The van der Waals surface area contributed by atoms with Gasteiger partial charge in [0, 0.05) is 4.47 Å². The van der Waals surface area contributed by atoms with E-state index in [9.17, 15) is 8.42 Å². The highest BCUT2D eigenvalue weighted by Gasteiger charge is 2.51. The summed E-state index contributed by atoms with van der Waals surface area (Å²) in [7, 11) is -4.40. The molecule has 1 aromatic carbocycles. The molecule has 0 spiro atoms. The lowest BCUT2D eigenvalue weighted by Gasteiger charge is -2.32. The van der Waals surface area contributed by atoms with E-state index in [0.717, 1.165) is 0 Å². The largest absolute Gasteiger partial charge is 0.494 e. The number of benzene rings is 1. The summed E-state index contributed by atoms with van der Waals surface area (Å²) < 4.78 is 35.4. The summed E-state index contributed by atoms with van der Waals surface area (Å²) in [5, 5.41) is 5.17. The Balaban J connectivity index is 2.44. The van der Waals surface area contributed by atoms with Crippen molar-refractivity contribution in [3.05, 3.63) is 22.7 Å². The fraction of sp³-hybridized carbons (Fsp3) is 0.500. The van der Waals surface area contributed by atoms with Gasteiger partial charge in [-0.25, -0.2) is 13.6 Å². The zero-order valence-electron chi connectivity index (χ0n) is 11.8. The van der Waals surface area contributed by atoms with E-state index in [1.54, 1.807) is 6.07 Å². The Morgan fingerprint density at radius 3 is 2.05 bits per heavy atom. The lowest BCUT2D eigenvalue weighted by atomic mass is 9.79. The highest BCUT2D eigenvalue weighted by Crippen LogP contribution is 2.36. The van der Waals surface area contributed by atoms with Crippen LogP contribution in [0, 0.1) is 0 Å². The van der Waals surface area contributed by atoms with E-state index in [0.29, 0.717) is 9.94 Å². The van der Waals surface area contributed by atoms with Gasteiger partial charge >= 0.3 is 7.12 Å². The van der Waals surface area contributed by atoms with E-state index < -0.39 is 28.3 Å². The third-order valence-corrected chi connectivity index (χ3v) is 5.10. The minimum atomic E-state index is -3.78. The number of primary sulfonamides is 1. The van der Waals surface area contributed by atoms with E-state index >= 15 is 0 Å². The molecular formula is C12H17BBrNO4S. The fourth-order valence-electron chi connectivity index (χ4n) is 1.86. The van der Waals surface area contributed by atoms with E-state index in [4.69, 9.17) is 14.4 Å². The van der Waals surface area contributed by atoms with Gasteiger partial charge in [-0.3, -0.25) is 0 Å². The Morgan fingerprint density at radius 1 is 1.10 bits per heavy atom. The summed E-state index contributed by atoms with van der Waals surface area (Å²) in [6, 6.07) is 4.68. The summed E-state index contributed by atoms with van der Waals surface area (Å²) in [5.41, 5.74) is -0.356. The summed E-state index contributed by atoms with van der Waals surface area (Å²) in [6.07, 6.45) is 0. The minimum Gasteiger partial charge on any atom is -0.399 e. The van der Waals surface area contributed by atoms with Crippen molar-refractivity contribution in [2.45, 2.75) is 43.8 Å². The second kappa shape index (κ2) is 4.81. The van der Waals surface area contributed by atoms with Crippen LogP contribution in [0.25, 0.3) is 0 Å². The van der Waals surface area contributed by atoms with Gasteiger partial charge in [-0.15, -0.1) is 0 Å². The molecule has 0 bridgehead atoms. The summed E-state index contributed by atoms with van der Waals surface area (Å²) in [5.74, 6) is 0. The van der Waals surface area contributed by atoms with Crippen LogP contribution >= 0.6 is 15.9 Å². The van der Waals surface area contributed by atoms with Crippen LogP contribution in [0.4, 0.5) is 0 Å². The molecule has 1 heterocycles. The smallest absolute Gasteiger partial charge is 0.399 e. The summed E-state index contributed by atoms with van der Waals surface area (Å²) in [4.78, 5) is 0.0246. The number of nitrogens with two attached hydrogens (primary N) is 1. The van der Waals surface area contributed by atoms with Crippen molar-refractivity contribution in [3.63, 3.8) is 0 Å². The van der Waals surface area contributed by atoms with E-state index in [1.165, 1.54) is 12.1 Å². The third-order valence-electron chi connectivity index (χ3n) is 3.75. The molecule has 110 valence electrons. The first-order valence-corrected chi connectivity index (χ1v) is 8.45. The van der Waals surface area contributed by atoms with Crippen molar-refractivity contribution < 1.29 is 17.7 Å². The SMILES string of the molecule is CC1(C)OB(c2cc(Br)cc(S(N)(=O)=O)c2)OC1(C)C. The van der Waals surface area contributed by atoms with Crippen molar-refractivity contribution in [3.8, 4) is 0 Å². The average Bonchev–Trinajstić information content (AvgIpc) is 2.46. The Hall–Kier alpha value is -0.405. The molecule has 0 unspecified atom stereocenters. The van der Waals surface area contributed by atoms with Crippen LogP contribution < -0.4 is 10.6 Å². The molecule has 1 aliphatic rings. The maximum absolute atomic E-state index is 11.5. The van der Waals surface area contributed by atoms with Gasteiger partial charge in [0.1, 0.15) is 0 Å². The minimum absolute atomic E-state index is 0.0246. The highest BCUT2D eigenvalue weighted by atomic mass is 79.9. The molecule has 1 fully saturated rings. The second-order valence-electron chi connectivity index (χ2n) is 5.85. The van der Waals surface area contributed by atoms with Crippen molar-refractivity contribution >= 4 is 38.5 Å². The van der Waals surface area contributed by atoms with Gasteiger partial charge in [0.2, 0.25) is 10.0 Å². The molecule has 20 heavy (non-hydrogen) atoms. The van der Waals surface area contributed by atoms with Gasteiger partial charge in [-0.1, -0.05) is 15.9 Å². The first-order chi connectivity index (χ1) is 8.92. The number of rotatable bonds is 2. The number of hydrogen-bond donors (Lipinski definition) is 1. The summed E-state index contributed by atoms with van der Waals surface area (Å²) >= 11 is 3.28. The van der Waals surface area contributed by atoms with Crippen molar-refractivity contribution in [1.29, 1.82) is 0 Å². The first kappa shape index (κ1) is 16.0. The normalized spacial score (nSPS) is 21.2. The monoisotopic (exact) mass is 361 g/mol. The molecule has 0 aliphatic carbocycles. The topological polar surface area (TPSA) is 78.6 Å². The number of sulfonamides is 1. The van der Waals surface area contributed by atoms with Crippen molar-refractivity contribution in [1.82, 2.24) is 0 Å². The molecule has 2 N–H and O–H groups in total.